The molecule has 2 heterocycles. The van der Waals surface area contributed by atoms with Crippen LogP contribution in [0.2, 0.25) is 0 Å². The fraction of sp³-hybridized carbons (Fsp3) is 0.484. The molecule has 2 saturated carbocycles. The summed E-state index contributed by atoms with van der Waals surface area (Å²) in [6.07, 6.45) is -3.06. The van der Waals surface area contributed by atoms with Gasteiger partial charge in [0.15, 0.2) is 23.0 Å². The molecular weight excluding hydrogens is 592 g/mol. The van der Waals surface area contributed by atoms with E-state index in [4.69, 9.17) is 28.5 Å². The second-order valence-electron chi connectivity index (χ2n) is 11.6. The number of benzene rings is 2. The zero-order valence-corrected chi connectivity index (χ0v) is 24.4. The van der Waals surface area contributed by atoms with E-state index in [2.05, 4.69) is 10.5 Å². The number of aliphatic hydroxyl groups is 4. The molecule has 9 atom stereocenters. The number of ether oxygens (including phenoxy) is 5. The number of nitrogens with one attached hydrogen (secondary N) is 1. The lowest BCUT2D eigenvalue weighted by atomic mass is 9.83. The molecule has 242 valence electrons. The Balaban J connectivity index is 0.999. The fourth-order valence-corrected chi connectivity index (χ4v) is 5.96. The van der Waals surface area contributed by atoms with Gasteiger partial charge in [-0.1, -0.05) is 17.3 Å². The largest absolute Gasteiger partial charge is 0.504 e. The predicted octanol–water partition coefficient (Wildman–Crippen LogP) is 0.568. The van der Waals surface area contributed by atoms with Crippen molar-refractivity contribution in [2.45, 2.75) is 75.1 Å². The van der Waals surface area contributed by atoms with E-state index in [1.807, 2.05) is 18.2 Å². The normalized spacial score (nSPS) is 32.5. The lowest BCUT2D eigenvalue weighted by Crippen LogP contribution is -2.67. The van der Waals surface area contributed by atoms with Gasteiger partial charge in [-0.05, 0) is 54.8 Å². The summed E-state index contributed by atoms with van der Waals surface area (Å²) >= 11 is 0. The molecule has 1 amide bonds. The highest BCUT2D eigenvalue weighted by Crippen LogP contribution is 2.35. The summed E-state index contributed by atoms with van der Waals surface area (Å²) in [5.74, 6) is 0.533. The second-order valence-corrected chi connectivity index (χ2v) is 11.6. The van der Waals surface area contributed by atoms with E-state index in [-0.39, 0.29) is 49.3 Å². The molecule has 45 heavy (non-hydrogen) atoms. The number of hydrogen-bond acceptors (Lipinski definition) is 13. The number of aliphatic hydroxyl groups excluding tert-OH is 4. The number of hydrogen-bond donors (Lipinski definition) is 6. The van der Waals surface area contributed by atoms with Gasteiger partial charge in [0.25, 0.3) is 0 Å². The van der Waals surface area contributed by atoms with Gasteiger partial charge in [-0.2, -0.15) is 0 Å². The van der Waals surface area contributed by atoms with Gasteiger partial charge in [-0.3, -0.25) is 4.79 Å². The summed E-state index contributed by atoms with van der Waals surface area (Å²) in [5.41, 5.74) is 1.59. The van der Waals surface area contributed by atoms with Crippen molar-refractivity contribution < 1.29 is 58.8 Å². The number of oxime groups is 1. The molecule has 0 aromatic heterocycles. The lowest BCUT2D eigenvalue weighted by molar-refractivity contribution is -0.155. The molecule has 2 aromatic carbocycles. The van der Waals surface area contributed by atoms with E-state index in [9.17, 15) is 30.3 Å². The molecule has 2 aliphatic carbocycles. The number of amides is 1. The first kappa shape index (κ1) is 31.1. The van der Waals surface area contributed by atoms with Crippen LogP contribution < -0.4 is 19.5 Å². The first-order valence-corrected chi connectivity index (χ1v) is 14.7. The van der Waals surface area contributed by atoms with Crippen LogP contribution in [0.1, 0.15) is 30.9 Å². The van der Waals surface area contributed by atoms with E-state index in [1.165, 1.54) is 19.1 Å². The molecule has 14 nitrogen and oxygen atoms in total. The molecule has 0 radical (unpaired) electrons. The molecule has 0 unspecified atom stereocenters. The number of carbonyl (C=O) groups is 1. The Hall–Kier alpha value is -3.92. The van der Waals surface area contributed by atoms with Gasteiger partial charge in [0.1, 0.15) is 50.0 Å². The van der Waals surface area contributed by atoms with E-state index in [0.717, 1.165) is 5.56 Å². The van der Waals surface area contributed by atoms with Crippen molar-refractivity contribution in [1.82, 2.24) is 5.32 Å². The van der Waals surface area contributed by atoms with Crippen LogP contribution in [0.15, 0.2) is 47.1 Å². The van der Waals surface area contributed by atoms with Crippen molar-refractivity contribution >= 4 is 18.2 Å². The smallest absolute Gasteiger partial charge is 0.247 e. The molecule has 0 spiro atoms. The van der Waals surface area contributed by atoms with Crippen LogP contribution in [0.25, 0.3) is 6.08 Å². The molecule has 4 aliphatic rings. The number of carbonyl (C=O) groups excluding carboxylic acids is 1. The van der Waals surface area contributed by atoms with Gasteiger partial charge in [-0.25, -0.2) is 0 Å². The van der Waals surface area contributed by atoms with Crippen LogP contribution in [0.4, 0.5) is 0 Å². The van der Waals surface area contributed by atoms with E-state index in [1.54, 1.807) is 18.3 Å². The van der Waals surface area contributed by atoms with Crippen LogP contribution in [0, 0.1) is 5.92 Å². The highest BCUT2D eigenvalue weighted by atomic mass is 16.7. The van der Waals surface area contributed by atoms with E-state index in [0.29, 0.717) is 29.9 Å². The second kappa shape index (κ2) is 13.2. The lowest BCUT2D eigenvalue weighted by Gasteiger charge is -2.41. The monoisotopic (exact) mass is 628 g/mol. The third-order valence-electron chi connectivity index (χ3n) is 8.45. The Morgan fingerprint density at radius 1 is 0.978 bits per heavy atom. The fourth-order valence-electron chi connectivity index (χ4n) is 5.96. The average Bonchev–Trinajstić information content (AvgIpc) is 3.78. The van der Waals surface area contributed by atoms with Crippen molar-refractivity contribution in [2.24, 2.45) is 11.1 Å². The topological polar surface area (TPSA) is 198 Å². The first-order valence-electron chi connectivity index (χ1n) is 14.7. The minimum atomic E-state index is -1.46. The first-order chi connectivity index (χ1) is 21.7. The summed E-state index contributed by atoms with van der Waals surface area (Å²) in [5, 5.41) is 59.1. The number of aromatic hydroxyl groups is 1. The predicted molar refractivity (Wildman–Crippen MR) is 155 cm³/mol. The van der Waals surface area contributed by atoms with Crippen LogP contribution in [-0.2, 0) is 25.7 Å². The van der Waals surface area contributed by atoms with Crippen molar-refractivity contribution in [2.75, 3.05) is 13.6 Å². The maximum Gasteiger partial charge on any atom is 0.247 e. The number of phenolic OH excluding ortho intramolecular Hbond substituents is 1. The van der Waals surface area contributed by atoms with Gasteiger partial charge in [-0.15, -0.1) is 0 Å². The minimum Gasteiger partial charge on any atom is -0.504 e. The minimum absolute atomic E-state index is 0.131. The van der Waals surface area contributed by atoms with Gasteiger partial charge in [0, 0.05) is 24.1 Å². The molecule has 3 fully saturated rings. The van der Waals surface area contributed by atoms with Crippen LogP contribution in [-0.4, -0.2) is 100 Å². The standard InChI is InChI=1S/C31H36N2O12/c1-15(31(39)33-25-26(36)28(38)30-29(27(25)37)42-14-43-30)6-16-2-4-22(21(35)7-16)45-19-9-18(20(34)10-19)11-32-44-12-17-3-5-23-24(8-17)41-13-40-23/h2-8,11,18-20,25-30,34-38H,9-10,12-14H2,1H3,(H,33,39)/b15-6+,32-11+/t18-,19-,20-,25-,26+,27-,28-,29+,30-/m1/s1. The molecule has 14 heteroatoms. The number of nitrogens with zero attached hydrogens (tertiary/aromatic N) is 1. The Labute approximate surface area is 258 Å². The van der Waals surface area contributed by atoms with Gasteiger partial charge in [0.05, 0.1) is 12.1 Å². The number of phenols is 1. The van der Waals surface area contributed by atoms with Gasteiger partial charge < -0.3 is 59.4 Å². The van der Waals surface area contributed by atoms with Crippen LogP contribution >= 0.6 is 0 Å². The molecule has 6 N–H and O–H groups in total. The third kappa shape index (κ3) is 6.71. The third-order valence-corrected chi connectivity index (χ3v) is 8.45. The molecule has 6 rings (SSSR count). The Kier molecular flexibility index (Phi) is 9.12. The van der Waals surface area contributed by atoms with Crippen LogP contribution in [0.5, 0.6) is 23.0 Å². The zero-order valence-electron chi connectivity index (χ0n) is 24.4. The maximum absolute atomic E-state index is 12.9. The number of rotatable bonds is 9. The Morgan fingerprint density at radius 2 is 1.76 bits per heavy atom. The summed E-state index contributed by atoms with van der Waals surface area (Å²) in [7, 11) is 0. The van der Waals surface area contributed by atoms with E-state index < -0.39 is 48.6 Å². The van der Waals surface area contributed by atoms with Gasteiger partial charge >= 0.3 is 0 Å². The summed E-state index contributed by atoms with van der Waals surface area (Å²) in [6.45, 7) is 1.82. The molecule has 2 aromatic rings. The van der Waals surface area contributed by atoms with Crippen molar-refractivity contribution in [3.8, 4) is 23.0 Å². The highest BCUT2D eigenvalue weighted by molar-refractivity contribution is 5.97. The van der Waals surface area contributed by atoms with Crippen molar-refractivity contribution in [3.63, 3.8) is 0 Å². The molecule has 0 bridgehead atoms. The van der Waals surface area contributed by atoms with Crippen molar-refractivity contribution in [3.05, 3.63) is 53.1 Å². The molecule has 1 saturated heterocycles. The Bertz CT molecular complexity index is 1450. The van der Waals surface area contributed by atoms with Gasteiger partial charge in [0.2, 0.25) is 12.7 Å². The molecule has 2 aliphatic heterocycles. The van der Waals surface area contributed by atoms with E-state index >= 15 is 0 Å². The Morgan fingerprint density at radius 3 is 2.56 bits per heavy atom. The summed E-state index contributed by atoms with van der Waals surface area (Å²) < 4.78 is 27.2. The molecular formula is C31H36N2O12. The average molecular weight is 629 g/mol. The summed E-state index contributed by atoms with van der Waals surface area (Å²) in [6, 6.07) is 8.97. The highest BCUT2D eigenvalue weighted by Gasteiger charge is 2.53. The maximum atomic E-state index is 12.9. The zero-order chi connectivity index (χ0) is 31.7. The van der Waals surface area contributed by atoms with Crippen LogP contribution in [0.3, 0.4) is 0 Å². The SMILES string of the molecule is C/C(=C\c1ccc(O[C@H]2C[C@@H](O)[C@@H](/C=N/OCc3ccc4c(c3)OCO4)C2)c(O)c1)C(=O)N[C@@H]1[C@H](O)[C@@H](O)[C@H]2OCO[C@H]2[C@@H]1O. The number of fused-ring (bicyclic) bond motifs is 2. The quantitative estimate of drug-likeness (QED) is 0.128. The summed E-state index contributed by atoms with van der Waals surface area (Å²) in [4.78, 5) is 18.3. The van der Waals surface area contributed by atoms with Crippen molar-refractivity contribution in [1.29, 1.82) is 0 Å².